The Balaban J connectivity index is 1.74. The zero-order valence-corrected chi connectivity index (χ0v) is 49.5. The van der Waals surface area contributed by atoms with E-state index in [1.54, 1.807) is 0 Å². The molecule has 0 aliphatic heterocycles. The second-order valence-corrected chi connectivity index (χ2v) is 22.6. The largest absolute Gasteiger partial charge is 0.251 e. The Kier molecular flexibility index (Phi) is 47.9. The molecule has 0 spiro atoms. The zero-order chi connectivity index (χ0) is 52.0. The summed E-state index contributed by atoms with van der Waals surface area (Å²) in [4.78, 5) is 11.1. The van der Waals surface area contributed by atoms with Crippen LogP contribution in [0.25, 0.3) is 0 Å². The molecular formula is C71H122N2. The normalized spacial score (nSPS) is 12.4. The molecule has 0 heterocycles. The molecule has 2 nitrogen and oxygen atoms in total. The molecule has 0 saturated heterocycles. The van der Waals surface area contributed by atoms with Crippen molar-refractivity contribution in [2.75, 3.05) is 0 Å². The van der Waals surface area contributed by atoms with E-state index in [9.17, 15) is 0 Å². The second-order valence-electron chi connectivity index (χ2n) is 22.6. The average molecular weight is 1000 g/mol. The van der Waals surface area contributed by atoms with Crippen molar-refractivity contribution in [3.63, 3.8) is 0 Å². The third-order valence-corrected chi connectivity index (χ3v) is 15.5. The molecule has 0 unspecified atom stereocenters. The van der Waals surface area contributed by atoms with E-state index in [-0.39, 0.29) is 0 Å². The van der Waals surface area contributed by atoms with Gasteiger partial charge in [-0.2, -0.15) is 0 Å². The predicted octanol–water partition coefficient (Wildman–Crippen LogP) is 25.1. The molecule has 0 atom stereocenters. The maximum absolute atomic E-state index is 5.54. The molecule has 2 aromatic carbocycles. The number of allylic oxidation sites excluding steroid dienone is 4. The maximum atomic E-state index is 5.54. The lowest BCUT2D eigenvalue weighted by atomic mass is 10.0. The van der Waals surface area contributed by atoms with Crippen LogP contribution in [-0.4, -0.2) is 11.4 Å². The summed E-state index contributed by atoms with van der Waals surface area (Å²) in [5, 5.41) is 0. The van der Waals surface area contributed by atoms with Gasteiger partial charge in [-0.05, 0) is 113 Å². The molecule has 0 bridgehead atoms. The number of para-hydroxylation sites is 2. The Morgan fingerprint density at radius 1 is 0.274 bits per heavy atom. The van der Waals surface area contributed by atoms with Crippen LogP contribution in [0.4, 0.5) is 11.4 Å². The summed E-state index contributed by atoms with van der Waals surface area (Å²) in [6, 6.07) is 17.9. The average Bonchev–Trinajstić information content (AvgIpc) is 3.41. The summed E-state index contributed by atoms with van der Waals surface area (Å²) in [6.07, 6.45) is 75.8. The number of nitrogens with zero attached hydrogens (tertiary/aromatic N) is 2. The molecule has 416 valence electrons. The lowest BCUT2D eigenvalue weighted by Crippen LogP contribution is -2.15. The van der Waals surface area contributed by atoms with E-state index in [0.29, 0.717) is 0 Å². The number of hydrogen-bond donors (Lipinski definition) is 0. The zero-order valence-electron chi connectivity index (χ0n) is 49.5. The van der Waals surface area contributed by atoms with Gasteiger partial charge >= 0.3 is 0 Å². The van der Waals surface area contributed by atoms with Crippen LogP contribution >= 0.6 is 0 Å². The van der Waals surface area contributed by atoms with E-state index in [1.807, 2.05) is 0 Å². The van der Waals surface area contributed by atoms with Gasteiger partial charge in [0.05, 0.1) is 22.8 Å². The SMILES string of the molecule is CCCCCCCCCCCCCCCCCCC/C=C/CCCc1ccccc1N=C(CCCC)C(CCCCC)=Nc1ccccc1CCC/C=C/CCCCCCCCCCCCCCCCCCC. The number of aryl methyl sites for hydroxylation is 2. The number of aliphatic imine (C=N–C) groups is 2. The summed E-state index contributed by atoms with van der Waals surface area (Å²) in [5.41, 5.74) is 7.49. The second kappa shape index (κ2) is 52.7. The van der Waals surface area contributed by atoms with Gasteiger partial charge in [-0.3, -0.25) is 9.98 Å². The Hall–Kier alpha value is -2.74. The van der Waals surface area contributed by atoms with Crippen molar-refractivity contribution in [1.29, 1.82) is 0 Å². The lowest BCUT2D eigenvalue weighted by molar-refractivity contribution is 0.527. The monoisotopic (exact) mass is 1000 g/mol. The molecule has 2 heteroatoms. The van der Waals surface area contributed by atoms with Gasteiger partial charge in [-0.25, -0.2) is 0 Å². The van der Waals surface area contributed by atoms with Gasteiger partial charge in [0.2, 0.25) is 0 Å². The van der Waals surface area contributed by atoms with Gasteiger partial charge in [0, 0.05) is 0 Å². The topological polar surface area (TPSA) is 24.7 Å². The Morgan fingerprint density at radius 3 is 0.836 bits per heavy atom. The van der Waals surface area contributed by atoms with Gasteiger partial charge < -0.3 is 0 Å². The van der Waals surface area contributed by atoms with Crippen molar-refractivity contribution in [3.8, 4) is 0 Å². The van der Waals surface area contributed by atoms with Crippen LogP contribution in [0.1, 0.15) is 341 Å². The first-order chi connectivity index (χ1) is 36.2. The molecule has 0 N–H and O–H groups in total. The Labute approximate surface area is 456 Å². The molecule has 0 aliphatic carbocycles. The van der Waals surface area contributed by atoms with Crippen LogP contribution in [0.2, 0.25) is 0 Å². The fourth-order valence-electron chi connectivity index (χ4n) is 10.6. The van der Waals surface area contributed by atoms with Crippen molar-refractivity contribution in [3.05, 3.63) is 84.0 Å². The molecule has 0 fully saturated rings. The summed E-state index contributed by atoms with van der Waals surface area (Å²) in [7, 11) is 0. The predicted molar refractivity (Wildman–Crippen MR) is 332 cm³/mol. The third kappa shape index (κ3) is 40.2. The number of hydrogen-bond acceptors (Lipinski definition) is 2. The molecule has 0 radical (unpaired) electrons. The van der Waals surface area contributed by atoms with E-state index in [4.69, 9.17) is 9.98 Å². The highest BCUT2D eigenvalue weighted by Gasteiger charge is 2.13. The molecule has 0 saturated carbocycles. The van der Waals surface area contributed by atoms with Crippen LogP contribution in [0.3, 0.4) is 0 Å². The Morgan fingerprint density at radius 2 is 0.521 bits per heavy atom. The van der Waals surface area contributed by atoms with E-state index in [0.717, 1.165) is 56.3 Å². The van der Waals surface area contributed by atoms with Crippen molar-refractivity contribution < 1.29 is 0 Å². The lowest BCUT2D eigenvalue weighted by Gasteiger charge is -2.14. The minimum absolute atomic E-state index is 0.990. The van der Waals surface area contributed by atoms with Gasteiger partial charge in [0.15, 0.2) is 0 Å². The van der Waals surface area contributed by atoms with Crippen molar-refractivity contribution in [2.24, 2.45) is 9.98 Å². The molecule has 2 rings (SSSR count). The first kappa shape index (κ1) is 66.4. The van der Waals surface area contributed by atoms with E-state index in [2.05, 4.69) is 101 Å². The minimum atomic E-state index is 0.990. The van der Waals surface area contributed by atoms with E-state index < -0.39 is 0 Å². The minimum Gasteiger partial charge on any atom is -0.251 e. The number of benzene rings is 2. The number of unbranched alkanes of at least 4 members (excludes halogenated alkanes) is 39. The van der Waals surface area contributed by atoms with Crippen LogP contribution in [-0.2, 0) is 12.8 Å². The summed E-state index contributed by atoms with van der Waals surface area (Å²) < 4.78 is 0. The molecular weight excluding hydrogens is 881 g/mol. The molecule has 73 heavy (non-hydrogen) atoms. The first-order valence-electron chi connectivity index (χ1n) is 32.8. The quantitative estimate of drug-likeness (QED) is 0.0358. The summed E-state index contributed by atoms with van der Waals surface area (Å²) in [6.45, 7) is 9.23. The third-order valence-electron chi connectivity index (χ3n) is 15.5. The van der Waals surface area contributed by atoms with Crippen LogP contribution < -0.4 is 0 Å². The van der Waals surface area contributed by atoms with Crippen molar-refractivity contribution in [2.45, 2.75) is 342 Å². The maximum Gasteiger partial charge on any atom is 0.0665 e. The highest BCUT2D eigenvalue weighted by atomic mass is 14.8. The van der Waals surface area contributed by atoms with Gasteiger partial charge in [-0.1, -0.05) is 313 Å². The Bertz CT molecular complexity index is 1590. The highest BCUT2D eigenvalue weighted by Crippen LogP contribution is 2.27. The standard InChI is InChI=1S/C71H122N2/c1-5-9-13-15-17-19-21-23-25-27-29-31-33-35-37-39-41-43-45-47-49-52-58-66-60-54-56-63-68(66)72-70(62-12-8-4)71(65-51-11-7-3)73-69-64-57-55-61-67(69)59-53-50-48-46-44-42-40-38-36-34-32-30-28-26-24-22-20-18-16-14-10-6-2/h45-48,54-57,60-61,63-64H,5-44,49-53,58-59,62,65H2,1-4H3/b47-45+,48-46+,72-70?,73-71?. The van der Waals surface area contributed by atoms with Crippen LogP contribution in [0.5, 0.6) is 0 Å². The number of rotatable bonds is 54. The molecule has 0 aromatic heterocycles. The smallest absolute Gasteiger partial charge is 0.0665 e. The van der Waals surface area contributed by atoms with E-state index in [1.165, 1.54) is 292 Å². The van der Waals surface area contributed by atoms with Gasteiger partial charge in [0.25, 0.3) is 0 Å². The van der Waals surface area contributed by atoms with Crippen molar-refractivity contribution >= 4 is 22.8 Å². The van der Waals surface area contributed by atoms with Crippen LogP contribution in [0.15, 0.2) is 82.8 Å². The van der Waals surface area contributed by atoms with Gasteiger partial charge in [0.1, 0.15) is 0 Å². The summed E-state index contributed by atoms with van der Waals surface area (Å²) in [5.74, 6) is 0. The van der Waals surface area contributed by atoms with Gasteiger partial charge in [-0.15, -0.1) is 0 Å². The summed E-state index contributed by atoms with van der Waals surface area (Å²) >= 11 is 0. The molecule has 2 aromatic rings. The molecule has 0 aliphatic rings. The highest BCUT2D eigenvalue weighted by molar-refractivity contribution is 6.43. The first-order valence-corrected chi connectivity index (χ1v) is 32.8. The van der Waals surface area contributed by atoms with Crippen LogP contribution in [0, 0.1) is 0 Å². The fraction of sp³-hybridized carbons (Fsp3) is 0.746. The molecule has 0 amide bonds. The fourth-order valence-corrected chi connectivity index (χ4v) is 10.6. The van der Waals surface area contributed by atoms with E-state index >= 15 is 0 Å². The van der Waals surface area contributed by atoms with Crippen molar-refractivity contribution in [1.82, 2.24) is 0 Å².